The quantitative estimate of drug-likeness (QED) is 0.345. The predicted molar refractivity (Wildman–Crippen MR) is 222 cm³/mol. The number of phenols is 1. The highest BCUT2D eigenvalue weighted by molar-refractivity contribution is 6.32. The van der Waals surface area contributed by atoms with Crippen molar-refractivity contribution >= 4 is 29.2 Å². The zero-order valence-electron chi connectivity index (χ0n) is 37.4. The fourth-order valence-electron chi connectivity index (χ4n) is 9.42. The first-order valence-electron chi connectivity index (χ1n) is 21.0. The van der Waals surface area contributed by atoms with Crippen molar-refractivity contribution in [1.29, 1.82) is 0 Å². The molecule has 1 amide bonds. The standard InChI is InChI=1S/C46H60N2O13/c1-21-15-14-16-22(2)44(54)47-34-35(48-19-23(3)57-24(4)20-48)38(52)31-32(37(34)51)36(50)26(6)42-33(31)43(53)46(12,61-42)56-18-17-30(55-13)25(5)40(58-29(9)49)28(8)41-27(7)39(21)59-45(10,11)60-41/h14-18,21,23-25,27-28,30,39-41,50H,19-20H2,1-13H3,(H,47,54)/b15-14+,18-17+,22-16-/t21-,23?,24?,25+,27+,28+,30-,39-,40+,41-,46-/m0/s1. The first kappa shape index (κ1) is 45.7. The molecule has 6 aliphatic rings. The minimum Gasteiger partial charge on any atom is -0.507 e. The number of carbonyl (C=O) groups is 5. The average Bonchev–Trinajstić information content (AvgIpc) is 3.44. The smallest absolute Gasteiger partial charge is 0.312 e. The van der Waals surface area contributed by atoms with Crippen molar-refractivity contribution in [3.63, 3.8) is 0 Å². The number of ketones is 3. The summed E-state index contributed by atoms with van der Waals surface area (Å²) in [6.45, 7) is 21.3. The summed E-state index contributed by atoms with van der Waals surface area (Å²) < 4.78 is 43.1. The molecule has 2 unspecified atom stereocenters. The monoisotopic (exact) mass is 848 g/mol. The van der Waals surface area contributed by atoms with E-state index in [0.717, 1.165) is 0 Å². The molecule has 0 saturated carbocycles. The fraction of sp³-hybridized carbons (Fsp3) is 0.587. The van der Waals surface area contributed by atoms with Gasteiger partial charge in [0, 0.05) is 68.9 Å². The second-order valence-corrected chi connectivity index (χ2v) is 17.8. The van der Waals surface area contributed by atoms with E-state index in [2.05, 4.69) is 5.32 Å². The number of allylic oxidation sites excluding steroid dienone is 4. The summed E-state index contributed by atoms with van der Waals surface area (Å²) in [4.78, 5) is 72.5. The number of Topliss-reactive ketones (excluding diaryl/α,β-unsaturated/α-hetero) is 3. The molecule has 1 aromatic carbocycles. The van der Waals surface area contributed by atoms with Crippen LogP contribution in [-0.4, -0.2) is 108 Å². The Balaban J connectivity index is 1.52. The van der Waals surface area contributed by atoms with Crippen LogP contribution < -0.4 is 10.1 Å². The molecular weight excluding hydrogens is 789 g/mol. The topological polar surface area (TPSA) is 185 Å². The average molecular weight is 849 g/mol. The molecule has 1 aromatic rings. The number of hydrogen-bond donors (Lipinski definition) is 2. The van der Waals surface area contributed by atoms with Crippen molar-refractivity contribution in [2.45, 2.75) is 131 Å². The lowest BCUT2D eigenvalue weighted by atomic mass is 9.77. The summed E-state index contributed by atoms with van der Waals surface area (Å²) in [7, 11) is 1.50. The number of methoxy groups -OCH3 is 1. The van der Waals surface area contributed by atoms with Crippen LogP contribution in [0.15, 0.2) is 47.5 Å². The molecule has 2 N–H and O–H groups in total. The number of ether oxygens (including phenoxy) is 7. The highest BCUT2D eigenvalue weighted by atomic mass is 16.7. The maximum Gasteiger partial charge on any atom is 0.312 e. The summed E-state index contributed by atoms with van der Waals surface area (Å²) in [5, 5.41) is 14.3. The van der Waals surface area contributed by atoms with Crippen molar-refractivity contribution in [2.75, 3.05) is 20.2 Å². The van der Waals surface area contributed by atoms with Crippen LogP contribution in [0, 0.1) is 30.6 Å². The third kappa shape index (κ3) is 8.54. The zero-order valence-corrected chi connectivity index (χ0v) is 37.4. The molecule has 0 spiro atoms. The minimum absolute atomic E-state index is 0.0265. The van der Waals surface area contributed by atoms with Gasteiger partial charge >= 0.3 is 11.8 Å². The Bertz CT molecular complexity index is 2110. The number of fused-ring (bicyclic) bond motifs is 10. The first-order valence-corrected chi connectivity index (χ1v) is 21.0. The Morgan fingerprint density at radius 3 is 2.13 bits per heavy atom. The highest BCUT2D eigenvalue weighted by Crippen LogP contribution is 2.49. The molecule has 7 rings (SSSR count). The van der Waals surface area contributed by atoms with Gasteiger partial charge in [-0.15, -0.1) is 0 Å². The van der Waals surface area contributed by atoms with E-state index in [1.54, 1.807) is 30.1 Å². The van der Waals surface area contributed by atoms with Gasteiger partial charge in [0.1, 0.15) is 29.0 Å². The largest absolute Gasteiger partial charge is 0.507 e. The second-order valence-electron chi connectivity index (χ2n) is 17.8. The van der Waals surface area contributed by atoms with E-state index in [4.69, 9.17) is 33.2 Å². The molecule has 332 valence electrons. The molecule has 15 nitrogen and oxygen atoms in total. The van der Waals surface area contributed by atoms with E-state index in [0.29, 0.717) is 0 Å². The van der Waals surface area contributed by atoms with Crippen LogP contribution in [0.5, 0.6) is 11.5 Å². The number of amides is 1. The Hall–Kier alpha value is -4.83. The summed E-state index contributed by atoms with van der Waals surface area (Å²) in [5.41, 5.74) is -1.23. The van der Waals surface area contributed by atoms with Crippen molar-refractivity contribution in [2.24, 2.45) is 23.7 Å². The second kappa shape index (κ2) is 17.1. The molecule has 7 bridgehead atoms. The number of carbonyl (C=O) groups excluding carboxylic acids is 5. The Morgan fingerprint density at radius 2 is 1.51 bits per heavy atom. The van der Waals surface area contributed by atoms with Gasteiger partial charge in [-0.05, 0) is 47.6 Å². The van der Waals surface area contributed by atoms with E-state index in [-0.39, 0.29) is 88.6 Å². The number of morpholine rings is 1. The number of nitrogens with one attached hydrogen (secondary N) is 1. The van der Waals surface area contributed by atoms with E-state index in [9.17, 15) is 29.1 Å². The van der Waals surface area contributed by atoms with Crippen LogP contribution in [0.1, 0.15) is 113 Å². The van der Waals surface area contributed by atoms with Gasteiger partial charge in [0.2, 0.25) is 11.6 Å². The van der Waals surface area contributed by atoms with Crippen LogP contribution in [0.4, 0.5) is 0 Å². The molecule has 61 heavy (non-hydrogen) atoms. The summed E-state index contributed by atoms with van der Waals surface area (Å²) >= 11 is 0. The summed E-state index contributed by atoms with van der Waals surface area (Å²) in [6.07, 6.45) is 5.14. The van der Waals surface area contributed by atoms with E-state index in [1.165, 1.54) is 34.1 Å². The molecule has 1 aliphatic carbocycles. The van der Waals surface area contributed by atoms with E-state index < -0.39 is 76.3 Å². The van der Waals surface area contributed by atoms with Crippen LogP contribution in [-0.2, 0) is 38.0 Å². The van der Waals surface area contributed by atoms with Gasteiger partial charge in [0.15, 0.2) is 5.79 Å². The fourth-order valence-corrected chi connectivity index (χ4v) is 9.42. The van der Waals surface area contributed by atoms with Crippen LogP contribution in [0.2, 0.25) is 0 Å². The van der Waals surface area contributed by atoms with Crippen molar-refractivity contribution in [1.82, 2.24) is 10.2 Å². The number of rotatable bonds is 3. The van der Waals surface area contributed by atoms with Crippen molar-refractivity contribution in [3.05, 3.63) is 69.8 Å². The van der Waals surface area contributed by atoms with E-state index >= 15 is 0 Å². The van der Waals surface area contributed by atoms with Gasteiger partial charge in [-0.2, -0.15) is 0 Å². The predicted octanol–water partition coefficient (Wildman–Crippen LogP) is 5.87. The SMILES string of the molecule is CO[C@H]1/C=C/O[C@@]2(C)Oc3c(C)c(O)c4c(c3C2=O)C(=O)C(N2CC(C)OC(C)C2)=C(NC(=O)/C(C)=C\C=C\[C@H](C)[C@@H]2OC(C)(C)O[C@H]([C@H](C)[C@H](OC(C)=O)[C@@H]1C)[C@@H]2C)C4=O. The molecule has 5 heterocycles. The highest BCUT2D eigenvalue weighted by Gasteiger charge is 2.54. The van der Waals surface area contributed by atoms with Crippen LogP contribution >= 0.6 is 0 Å². The number of hydrogen-bond acceptors (Lipinski definition) is 14. The number of benzene rings is 1. The number of phenolic OH excluding ortho intramolecular Hbond substituents is 1. The van der Waals surface area contributed by atoms with Crippen molar-refractivity contribution in [3.8, 4) is 11.5 Å². The minimum atomic E-state index is -2.05. The van der Waals surface area contributed by atoms with Crippen LogP contribution in [0.3, 0.4) is 0 Å². The Morgan fingerprint density at radius 1 is 0.869 bits per heavy atom. The molecule has 2 fully saturated rings. The molecule has 0 aromatic heterocycles. The number of aromatic hydroxyl groups is 1. The third-order valence-corrected chi connectivity index (χ3v) is 12.4. The Labute approximate surface area is 357 Å². The van der Waals surface area contributed by atoms with Gasteiger partial charge in [0.25, 0.3) is 11.7 Å². The lowest BCUT2D eigenvalue weighted by Crippen LogP contribution is -2.56. The zero-order chi connectivity index (χ0) is 45.0. The molecule has 0 radical (unpaired) electrons. The Kier molecular flexibility index (Phi) is 12.8. The van der Waals surface area contributed by atoms with Gasteiger partial charge in [-0.3, -0.25) is 24.0 Å². The maximum absolute atomic E-state index is 15.0. The third-order valence-electron chi connectivity index (χ3n) is 12.4. The molecule has 15 heteroatoms. The first-order chi connectivity index (χ1) is 28.5. The maximum atomic E-state index is 15.0. The lowest BCUT2D eigenvalue weighted by molar-refractivity contribution is -0.336. The van der Waals surface area contributed by atoms with Gasteiger partial charge in [-0.25, -0.2) is 0 Å². The summed E-state index contributed by atoms with van der Waals surface area (Å²) in [6, 6.07) is 0. The molecule has 5 aliphatic heterocycles. The van der Waals surface area contributed by atoms with Gasteiger partial charge in [-0.1, -0.05) is 45.9 Å². The number of esters is 1. The van der Waals surface area contributed by atoms with Gasteiger partial charge in [0.05, 0.1) is 53.5 Å². The lowest BCUT2D eigenvalue weighted by Gasteiger charge is -2.50. The number of nitrogens with zero attached hydrogens (tertiary/aromatic N) is 1. The molecular formula is C46H60N2O13. The van der Waals surface area contributed by atoms with E-state index in [1.807, 2.05) is 61.5 Å². The van der Waals surface area contributed by atoms with Crippen molar-refractivity contribution < 1.29 is 62.2 Å². The molecule has 2 saturated heterocycles. The van der Waals surface area contributed by atoms with Gasteiger partial charge < -0.3 is 48.5 Å². The molecule has 11 atom stereocenters. The normalized spacial score (nSPS) is 36.3. The summed E-state index contributed by atoms with van der Waals surface area (Å²) in [5.74, 6) is -8.50. The van der Waals surface area contributed by atoms with Crippen LogP contribution in [0.25, 0.3) is 0 Å².